The highest BCUT2D eigenvalue weighted by Crippen LogP contribution is 2.24. The molecule has 1 aromatic carbocycles. The van der Waals surface area contributed by atoms with E-state index in [2.05, 4.69) is 0 Å². The minimum absolute atomic E-state index is 0.0326. The maximum Gasteiger partial charge on any atom is 0.253 e. The van der Waals surface area contributed by atoms with Gasteiger partial charge in [-0.2, -0.15) is 0 Å². The molecule has 0 spiro atoms. The fourth-order valence-corrected chi connectivity index (χ4v) is 3.24. The van der Waals surface area contributed by atoms with E-state index in [1.165, 1.54) is 0 Å². The van der Waals surface area contributed by atoms with Crippen molar-refractivity contribution in [2.75, 3.05) is 33.7 Å². The molecule has 0 unspecified atom stereocenters. The fraction of sp³-hybridized carbons (Fsp3) is 0.632. The molecule has 1 amide bonds. The van der Waals surface area contributed by atoms with Crippen LogP contribution < -0.4 is 0 Å². The van der Waals surface area contributed by atoms with E-state index in [1.54, 1.807) is 18.7 Å². The summed E-state index contributed by atoms with van der Waals surface area (Å²) in [4.78, 5) is 16.4. The van der Waals surface area contributed by atoms with Gasteiger partial charge in [0.05, 0.1) is 17.7 Å². The highest BCUT2D eigenvalue weighted by atomic mass is 16.3. The number of carbonyl (C=O) groups is 1. The molecule has 0 aliphatic carbocycles. The summed E-state index contributed by atoms with van der Waals surface area (Å²) in [6.07, 6.45) is 1.99. The Labute approximate surface area is 144 Å². The summed E-state index contributed by atoms with van der Waals surface area (Å²) in [5.41, 5.74) is 0.165. The normalized spacial score (nSPS) is 21.5. The van der Waals surface area contributed by atoms with Gasteiger partial charge in [-0.3, -0.25) is 4.79 Å². The number of likely N-dealkylation sites (N-methyl/N-ethyl adjacent to an activating group) is 1. The Morgan fingerprint density at radius 1 is 1.38 bits per heavy atom. The third-order valence-corrected chi connectivity index (χ3v) is 4.43. The van der Waals surface area contributed by atoms with Crippen LogP contribution in [-0.2, 0) is 6.42 Å². The molecule has 1 aliphatic rings. The van der Waals surface area contributed by atoms with Crippen molar-refractivity contribution in [2.24, 2.45) is 0 Å². The van der Waals surface area contributed by atoms with Crippen LogP contribution >= 0.6 is 0 Å². The summed E-state index contributed by atoms with van der Waals surface area (Å²) in [7, 11) is 3.85. The molecule has 1 aliphatic heterocycles. The van der Waals surface area contributed by atoms with Gasteiger partial charge in [0.25, 0.3) is 5.91 Å². The lowest BCUT2D eigenvalue weighted by atomic mass is 9.98. The van der Waals surface area contributed by atoms with Crippen molar-refractivity contribution >= 4 is 5.91 Å². The predicted molar refractivity (Wildman–Crippen MR) is 95.1 cm³/mol. The standard InChI is InChI=1S/C19H30N2O3/c1-18(2,23)9-8-15-6-5-7-16(12-15)17(22)21-11-10-19(24,14-21)13-20(3)4/h5-7,12,23-24H,8-11,13-14H2,1-4H3/t19-/m1/s1. The molecule has 1 heterocycles. The summed E-state index contributed by atoms with van der Waals surface area (Å²) in [6.45, 7) is 5.09. The average Bonchev–Trinajstić information content (AvgIpc) is 2.85. The molecule has 1 atom stereocenters. The summed E-state index contributed by atoms with van der Waals surface area (Å²) in [5.74, 6) is -0.0326. The van der Waals surface area contributed by atoms with Gasteiger partial charge in [0.15, 0.2) is 0 Å². The van der Waals surface area contributed by atoms with Gasteiger partial charge in [0, 0.05) is 18.7 Å². The highest BCUT2D eigenvalue weighted by molar-refractivity contribution is 5.94. The smallest absolute Gasteiger partial charge is 0.253 e. The summed E-state index contributed by atoms with van der Waals surface area (Å²) in [6, 6.07) is 7.58. The minimum Gasteiger partial charge on any atom is -0.390 e. The van der Waals surface area contributed by atoms with E-state index in [-0.39, 0.29) is 5.91 Å². The zero-order valence-corrected chi connectivity index (χ0v) is 15.2. The number of β-amino-alcohol motifs (C(OH)–C–C–N with tert-alkyl or cyclic N) is 1. The molecule has 0 bridgehead atoms. The molecule has 1 saturated heterocycles. The van der Waals surface area contributed by atoms with Crippen molar-refractivity contribution in [3.63, 3.8) is 0 Å². The zero-order chi connectivity index (χ0) is 18.0. The molecule has 2 rings (SSSR count). The van der Waals surface area contributed by atoms with Crippen molar-refractivity contribution in [1.29, 1.82) is 0 Å². The van der Waals surface area contributed by atoms with E-state index < -0.39 is 11.2 Å². The van der Waals surface area contributed by atoms with Gasteiger partial charge in [-0.05, 0) is 64.9 Å². The van der Waals surface area contributed by atoms with Crippen LogP contribution in [0.3, 0.4) is 0 Å². The molecule has 0 radical (unpaired) electrons. The maximum atomic E-state index is 12.7. The lowest BCUT2D eigenvalue weighted by Gasteiger charge is -2.26. The van der Waals surface area contributed by atoms with Gasteiger partial charge in [0.1, 0.15) is 0 Å². The van der Waals surface area contributed by atoms with E-state index in [0.717, 1.165) is 12.0 Å². The molecule has 24 heavy (non-hydrogen) atoms. The number of amides is 1. The van der Waals surface area contributed by atoms with Crippen LogP contribution in [0.15, 0.2) is 24.3 Å². The molecule has 5 heteroatoms. The number of nitrogens with zero attached hydrogens (tertiary/aromatic N) is 2. The summed E-state index contributed by atoms with van der Waals surface area (Å²) < 4.78 is 0. The second-order valence-corrected chi connectivity index (χ2v) is 7.95. The monoisotopic (exact) mass is 334 g/mol. The van der Waals surface area contributed by atoms with Crippen molar-refractivity contribution in [3.8, 4) is 0 Å². The van der Waals surface area contributed by atoms with Gasteiger partial charge >= 0.3 is 0 Å². The predicted octanol–water partition coefficient (Wildman–Crippen LogP) is 1.53. The molecule has 2 N–H and O–H groups in total. The van der Waals surface area contributed by atoms with Crippen LogP contribution in [0.4, 0.5) is 0 Å². The van der Waals surface area contributed by atoms with Gasteiger partial charge in [-0.25, -0.2) is 0 Å². The molecule has 0 saturated carbocycles. The van der Waals surface area contributed by atoms with Crippen molar-refractivity contribution in [2.45, 2.75) is 44.3 Å². The van der Waals surface area contributed by atoms with Gasteiger partial charge in [-0.1, -0.05) is 12.1 Å². The van der Waals surface area contributed by atoms with Crippen molar-refractivity contribution < 1.29 is 15.0 Å². The number of carbonyl (C=O) groups excluding carboxylic acids is 1. The highest BCUT2D eigenvalue weighted by Gasteiger charge is 2.38. The first kappa shape index (κ1) is 18.9. The van der Waals surface area contributed by atoms with Gasteiger partial charge in [-0.15, -0.1) is 0 Å². The average molecular weight is 334 g/mol. The Bertz CT molecular complexity index is 580. The maximum absolute atomic E-state index is 12.7. The van der Waals surface area contributed by atoms with E-state index in [9.17, 15) is 15.0 Å². The Morgan fingerprint density at radius 2 is 2.08 bits per heavy atom. The molecule has 5 nitrogen and oxygen atoms in total. The van der Waals surface area contributed by atoms with Crippen LogP contribution in [0.5, 0.6) is 0 Å². The third kappa shape index (κ3) is 5.30. The number of aryl methyl sites for hydroxylation is 1. The summed E-state index contributed by atoms with van der Waals surface area (Å²) >= 11 is 0. The lowest BCUT2D eigenvalue weighted by Crippen LogP contribution is -2.43. The number of rotatable bonds is 6. The number of aliphatic hydroxyl groups is 2. The second-order valence-electron chi connectivity index (χ2n) is 7.95. The Hall–Kier alpha value is -1.43. The first-order valence-electron chi connectivity index (χ1n) is 8.56. The number of hydrogen-bond acceptors (Lipinski definition) is 4. The number of likely N-dealkylation sites (tertiary alicyclic amines) is 1. The number of hydrogen-bond donors (Lipinski definition) is 2. The molecular formula is C19H30N2O3. The second kappa shape index (κ2) is 7.21. The number of benzene rings is 1. The Kier molecular flexibility index (Phi) is 5.68. The first-order chi connectivity index (χ1) is 11.1. The minimum atomic E-state index is -0.822. The Morgan fingerprint density at radius 3 is 2.71 bits per heavy atom. The lowest BCUT2D eigenvalue weighted by molar-refractivity contribution is 0.0236. The quantitative estimate of drug-likeness (QED) is 0.828. The van der Waals surface area contributed by atoms with Gasteiger partial charge in [0.2, 0.25) is 0 Å². The van der Waals surface area contributed by atoms with Crippen molar-refractivity contribution in [1.82, 2.24) is 9.80 Å². The van der Waals surface area contributed by atoms with Crippen molar-refractivity contribution in [3.05, 3.63) is 35.4 Å². The van der Waals surface area contributed by atoms with Crippen LogP contribution in [0.2, 0.25) is 0 Å². The third-order valence-electron chi connectivity index (χ3n) is 4.43. The van der Waals surface area contributed by atoms with Crippen LogP contribution in [0, 0.1) is 0 Å². The topological polar surface area (TPSA) is 64.0 Å². The van der Waals surface area contributed by atoms with E-state index >= 15 is 0 Å². The van der Waals surface area contributed by atoms with E-state index in [0.29, 0.717) is 38.0 Å². The van der Waals surface area contributed by atoms with E-state index in [1.807, 2.05) is 43.3 Å². The molecular weight excluding hydrogens is 304 g/mol. The zero-order valence-electron chi connectivity index (χ0n) is 15.2. The van der Waals surface area contributed by atoms with E-state index in [4.69, 9.17) is 0 Å². The Balaban J connectivity index is 2.03. The summed E-state index contributed by atoms with van der Waals surface area (Å²) in [5, 5.41) is 20.4. The fourth-order valence-electron chi connectivity index (χ4n) is 3.24. The first-order valence-corrected chi connectivity index (χ1v) is 8.56. The largest absolute Gasteiger partial charge is 0.390 e. The SMILES string of the molecule is CN(C)C[C@]1(O)CCN(C(=O)c2cccc(CCC(C)(C)O)c2)C1. The molecule has 0 aromatic heterocycles. The van der Waals surface area contributed by atoms with Crippen LogP contribution in [-0.4, -0.2) is 70.9 Å². The van der Waals surface area contributed by atoms with Gasteiger partial charge < -0.3 is 20.0 Å². The van der Waals surface area contributed by atoms with Crippen LogP contribution in [0.25, 0.3) is 0 Å². The molecule has 1 aromatic rings. The van der Waals surface area contributed by atoms with Crippen LogP contribution in [0.1, 0.15) is 42.6 Å². The molecule has 1 fully saturated rings. The molecule has 134 valence electrons.